The average Bonchev–Trinajstić information content (AvgIpc) is 2.97. The van der Waals surface area contributed by atoms with Crippen molar-refractivity contribution in [3.05, 3.63) is 41.7 Å². The third-order valence-electron chi connectivity index (χ3n) is 3.50. The van der Waals surface area contributed by atoms with Crippen molar-refractivity contribution < 1.29 is 9.47 Å². The Labute approximate surface area is 150 Å². The molecular weight excluding hydrogens is 382 g/mol. The number of hydrogen-bond acceptors (Lipinski definition) is 4. The van der Waals surface area contributed by atoms with Crippen LogP contribution in [0.3, 0.4) is 0 Å². The molecule has 5 nitrogen and oxygen atoms in total. The minimum Gasteiger partial charge on any atom is -0.496 e. The highest BCUT2D eigenvalue weighted by Crippen LogP contribution is 2.38. The van der Waals surface area contributed by atoms with Gasteiger partial charge in [-0.15, -0.1) is 17.0 Å². The van der Waals surface area contributed by atoms with Gasteiger partial charge >= 0.3 is 0 Å². The number of halogens is 2. The molecule has 1 aromatic carbocycles. The van der Waals surface area contributed by atoms with Gasteiger partial charge in [0, 0.05) is 42.8 Å². The Morgan fingerprint density at radius 1 is 1.13 bits per heavy atom. The molecule has 3 aromatic rings. The molecule has 23 heavy (non-hydrogen) atoms. The van der Waals surface area contributed by atoms with E-state index in [9.17, 15) is 0 Å². The third-order valence-corrected chi connectivity index (χ3v) is 3.79. The molecule has 0 aliphatic heterocycles. The summed E-state index contributed by atoms with van der Waals surface area (Å²) in [7, 11) is 5.06. The summed E-state index contributed by atoms with van der Waals surface area (Å²) < 4.78 is 12.6. The topological polar surface area (TPSA) is 47.8 Å². The first kappa shape index (κ1) is 17.4. The van der Waals surface area contributed by atoms with Gasteiger partial charge in [0.15, 0.2) is 0 Å². The molecular formula is C16H17BrClN3O2. The second-order valence-corrected chi connectivity index (χ2v) is 5.15. The van der Waals surface area contributed by atoms with Gasteiger partial charge in [0.1, 0.15) is 17.1 Å². The molecule has 0 aliphatic rings. The van der Waals surface area contributed by atoms with Crippen LogP contribution in [0.4, 0.5) is 5.69 Å². The Balaban J connectivity index is 0.00000192. The Morgan fingerprint density at radius 2 is 1.87 bits per heavy atom. The fraction of sp³-hybridized carbons (Fsp3) is 0.188. The van der Waals surface area contributed by atoms with E-state index in [0.29, 0.717) is 16.5 Å². The van der Waals surface area contributed by atoms with Crippen molar-refractivity contribution in [1.29, 1.82) is 0 Å². The predicted molar refractivity (Wildman–Crippen MR) is 98.6 cm³/mol. The minimum atomic E-state index is 0. The quantitative estimate of drug-likeness (QED) is 0.712. The Morgan fingerprint density at radius 3 is 2.52 bits per heavy atom. The van der Waals surface area contributed by atoms with E-state index < -0.39 is 0 Å². The SMILES string of the molecule is Br.CNc1ccn2cc(-c3cc(Cl)c(OC)cc3OC)nc2c1. The number of nitrogens with one attached hydrogen (secondary N) is 1. The van der Waals surface area contributed by atoms with Gasteiger partial charge < -0.3 is 19.2 Å². The summed E-state index contributed by atoms with van der Waals surface area (Å²) in [5, 5.41) is 3.62. The van der Waals surface area contributed by atoms with Crippen LogP contribution in [-0.4, -0.2) is 30.7 Å². The molecule has 7 heteroatoms. The lowest BCUT2D eigenvalue weighted by Gasteiger charge is -2.10. The number of imidazole rings is 1. The highest BCUT2D eigenvalue weighted by molar-refractivity contribution is 8.93. The van der Waals surface area contributed by atoms with E-state index in [0.717, 1.165) is 22.6 Å². The average molecular weight is 399 g/mol. The van der Waals surface area contributed by atoms with Gasteiger partial charge in [-0.3, -0.25) is 0 Å². The molecule has 0 amide bonds. The highest BCUT2D eigenvalue weighted by Gasteiger charge is 2.14. The molecule has 2 heterocycles. The molecule has 0 fully saturated rings. The summed E-state index contributed by atoms with van der Waals surface area (Å²) >= 11 is 6.23. The smallest absolute Gasteiger partial charge is 0.141 e. The normalized spacial score (nSPS) is 10.3. The summed E-state index contributed by atoms with van der Waals surface area (Å²) in [6, 6.07) is 7.53. The number of rotatable bonds is 4. The number of fused-ring (bicyclic) bond motifs is 1. The molecule has 0 spiro atoms. The van der Waals surface area contributed by atoms with Gasteiger partial charge in [0.2, 0.25) is 0 Å². The summed E-state index contributed by atoms with van der Waals surface area (Å²) in [5.41, 5.74) is 3.46. The molecule has 0 radical (unpaired) electrons. The molecule has 1 N–H and O–H groups in total. The van der Waals surface area contributed by atoms with E-state index in [2.05, 4.69) is 10.3 Å². The van der Waals surface area contributed by atoms with Gasteiger partial charge in [-0.1, -0.05) is 11.6 Å². The summed E-state index contributed by atoms with van der Waals surface area (Å²) in [5.74, 6) is 1.24. The van der Waals surface area contributed by atoms with Crippen LogP contribution in [0.1, 0.15) is 0 Å². The van der Waals surface area contributed by atoms with Crippen molar-refractivity contribution in [3.8, 4) is 22.8 Å². The molecule has 3 rings (SSSR count). The van der Waals surface area contributed by atoms with Crippen LogP contribution in [0, 0.1) is 0 Å². The zero-order valence-electron chi connectivity index (χ0n) is 13.0. The number of ether oxygens (including phenoxy) is 2. The number of pyridine rings is 1. The first-order chi connectivity index (χ1) is 10.7. The van der Waals surface area contributed by atoms with Crippen LogP contribution in [0.2, 0.25) is 5.02 Å². The van der Waals surface area contributed by atoms with E-state index in [1.54, 1.807) is 26.4 Å². The van der Waals surface area contributed by atoms with Crippen molar-refractivity contribution in [1.82, 2.24) is 9.38 Å². The number of anilines is 1. The summed E-state index contributed by atoms with van der Waals surface area (Å²) in [4.78, 5) is 4.64. The van der Waals surface area contributed by atoms with Crippen LogP contribution in [0.15, 0.2) is 36.7 Å². The number of aromatic nitrogens is 2. The lowest BCUT2D eigenvalue weighted by Crippen LogP contribution is -1.91. The van der Waals surface area contributed by atoms with Crippen molar-refractivity contribution in [3.63, 3.8) is 0 Å². The predicted octanol–water partition coefficient (Wildman–Crippen LogP) is 4.29. The Bertz CT molecular complexity index is 836. The summed E-state index contributed by atoms with van der Waals surface area (Å²) in [6.45, 7) is 0. The lowest BCUT2D eigenvalue weighted by atomic mass is 10.1. The molecule has 0 unspecified atom stereocenters. The Hall–Kier alpha value is -1.92. The van der Waals surface area contributed by atoms with E-state index in [4.69, 9.17) is 21.1 Å². The number of benzene rings is 1. The molecule has 0 aliphatic carbocycles. The Kier molecular flexibility index (Phi) is 5.38. The maximum absolute atomic E-state index is 6.23. The van der Waals surface area contributed by atoms with E-state index in [-0.39, 0.29) is 17.0 Å². The number of hydrogen-bond donors (Lipinski definition) is 1. The van der Waals surface area contributed by atoms with E-state index in [1.165, 1.54) is 0 Å². The molecule has 122 valence electrons. The first-order valence-corrected chi connectivity index (χ1v) is 7.12. The zero-order valence-corrected chi connectivity index (χ0v) is 15.4. The molecule has 0 bridgehead atoms. The van der Waals surface area contributed by atoms with Crippen LogP contribution >= 0.6 is 28.6 Å². The molecule has 2 aromatic heterocycles. The van der Waals surface area contributed by atoms with Gasteiger partial charge in [-0.05, 0) is 12.1 Å². The maximum atomic E-state index is 6.23. The number of nitrogens with zero attached hydrogens (tertiary/aromatic N) is 2. The van der Waals surface area contributed by atoms with Crippen LogP contribution < -0.4 is 14.8 Å². The summed E-state index contributed by atoms with van der Waals surface area (Å²) in [6.07, 6.45) is 3.89. The monoisotopic (exact) mass is 397 g/mol. The van der Waals surface area contributed by atoms with E-state index >= 15 is 0 Å². The van der Waals surface area contributed by atoms with Crippen molar-refractivity contribution in [2.24, 2.45) is 0 Å². The lowest BCUT2D eigenvalue weighted by molar-refractivity contribution is 0.395. The molecule has 0 atom stereocenters. The minimum absolute atomic E-state index is 0. The molecule has 0 saturated heterocycles. The van der Waals surface area contributed by atoms with Crippen LogP contribution in [0.5, 0.6) is 11.5 Å². The fourth-order valence-electron chi connectivity index (χ4n) is 2.33. The van der Waals surface area contributed by atoms with Crippen LogP contribution in [0.25, 0.3) is 16.9 Å². The standard InChI is InChI=1S/C16H16ClN3O2.BrH/c1-18-10-4-5-20-9-13(19-16(20)6-10)11-7-12(17)15(22-3)8-14(11)21-2;/h4-9,18H,1-3H3;1H. The van der Waals surface area contributed by atoms with Crippen LogP contribution in [-0.2, 0) is 0 Å². The van der Waals surface area contributed by atoms with Gasteiger partial charge in [0.25, 0.3) is 0 Å². The van der Waals surface area contributed by atoms with Gasteiger partial charge in [0.05, 0.1) is 24.9 Å². The first-order valence-electron chi connectivity index (χ1n) is 6.74. The zero-order chi connectivity index (χ0) is 15.7. The highest BCUT2D eigenvalue weighted by atomic mass is 79.9. The van der Waals surface area contributed by atoms with E-state index in [1.807, 2.05) is 36.0 Å². The van der Waals surface area contributed by atoms with Crippen molar-refractivity contribution in [2.45, 2.75) is 0 Å². The molecule has 0 saturated carbocycles. The second-order valence-electron chi connectivity index (χ2n) is 4.74. The van der Waals surface area contributed by atoms with Gasteiger partial charge in [-0.2, -0.15) is 0 Å². The fourth-order valence-corrected chi connectivity index (χ4v) is 2.57. The van der Waals surface area contributed by atoms with Crippen molar-refractivity contribution in [2.75, 3.05) is 26.6 Å². The largest absolute Gasteiger partial charge is 0.496 e. The number of methoxy groups -OCH3 is 2. The van der Waals surface area contributed by atoms with Gasteiger partial charge in [-0.25, -0.2) is 4.98 Å². The van der Waals surface area contributed by atoms with Crippen molar-refractivity contribution >= 4 is 39.9 Å². The second kappa shape index (κ2) is 7.10. The third kappa shape index (κ3) is 3.23. The maximum Gasteiger partial charge on any atom is 0.141 e.